The van der Waals surface area contributed by atoms with Crippen molar-refractivity contribution in [3.8, 4) is 22.9 Å². The number of nitro groups is 1. The Balaban J connectivity index is 1.36. The molecule has 0 fully saturated rings. The van der Waals surface area contributed by atoms with Crippen LogP contribution in [0.2, 0.25) is 0 Å². The molecular weight excluding hydrogens is 419 g/mol. The van der Waals surface area contributed by atoms with Crippen LogP contribution in [-0.4, -0.2) is 33.5 Å². The summed E-state index contributed by atoms with van der Waals surface area (Å²) in [6.45, 7) is 0.871. The fraction of sp³-hybridized carbons (Fsp3) is 0.250. The van der Waals surface area contributed by atoms with Crippen LogP contribution in [0.4, 0.5) is 19.0 Å². The zero-order valence-corrected chi connectivity index (χ0v) is 15.9. The van der Waals surface area contributed by atoms with Crippen molar-refractivity contribution in [1.29, 1.82) is 0 Å². The smallest absolute Gasteiger partial charge is 0.443 e. The average Bonchev–Trinajstić information content (AvgIpc) is 3.15. The van der Waals surface area contributed by atoms with E-state index in [9.17, 15) is 23.3 Å². The molecule has 1 aliphatic heterocycles. The van der Waals surface area contributed by atoms with Crippen LogP contribution in [0.5, 0.6) is 11.8 Å². The Morgan fingerprint density at radius 1 is 1.19 bits per heavy atom. The van der Waals surface area contributed by atoms with E-state index in [0.717, 1.165) is 11.1 Å². The van der Waals surface area contributed by atoms with Gasteiger partial charge in [0.2, 0.25) is 0 Å². The standard InChI is InChI=1S/C20H16F3N3O5/c21-20(22,23)31-16-3-1-2-15(8-16)14-6-4-13(5-7-14)11-29-17-9-25-10-18(26(27)28)24-19(25)30-12-17/h1-8,10,17H,9,11-12H2/t17-/m0/s1. The van der Waals surface area contributed by atoms with Crippen molar-refractivity contribution in [2.45, 2.75) is 25.6 Å². The molecule has 4 rings (SSSR count). The lowest BCUT2D eigenvalue weighted by molar-refractivity contribution is -0.389. The number of aromatic nitrogens is 2. The van der Waals surface area contributed by atoms with Crippen LogP contribution in [0, 0.1) is 10.1 Å². The summed E-state index contributed by atoms with van der Waals surface area (Å²) in [6, 6.07) is 13.1. The lowest BCUT2D eigenvalue weighted by Gasteiger charge is -2.22. The number of benzene rings is 2. The van der Waals surface area contributed by atoms with Crippen molar-refractivity contribution in [2.24, 2.45) is 0 Å². The fourth-order valence-corrected chi connectivity index (χ4v) is 3.14. The molecule has 0 unspecified atom stereocenters. The highest BCUT2D eigenvalue weighted by molar-refractivity contribution is 5.65. The number of imidazole rings is 1. The van der Waals surface area contributed by atoms with Gasteiger partial charge >= 0.3 is 18.2 Å². The minimum Gasteiger partial charge on any atom is -0.443 e. The van der Waals surface area contributed by atoms with Crippen molar-refractivity contribution in [2.75, 3.05) is 6.61 Å². The second-order valence-electron chi connectivity index (χ2n) is 6.81. The van der Waals surface area contributed by atoms with Crippen LogP contribution < -0.4 is 9.47 Å². The van der Waals surface area contributed by atoms with Gasteiger partial charge in [-0.05, 0) is 33.7 Å². The van der Waals surface area contributed by atoms with Crippen LogP contribution in [-0.2, 0) is 17.9 Å². The summed E-state index contributed by atoms with van der Waals surface area (Å²) >= 11 is 0. The van der Waals surface area contributed by atoms with Gasteiger partial charge in [-0.3, -0.25) is 4.57 Å². The quantitative estimate of drug-likeness (QED) is 0.423. The average molecular weight is 435 g/mol. The molecule has 0 radical (unpaired) electrons. The van der Waals surface area contributed by atoms with Crippen molar-refractivity contribution >= 4 is 5.82 Å². The molecule has 0 N–H and O–H groups in total. The van der Waals surface area contributed by atoms with Crippen molar-refractivity contribution in [1.82, 2.24) is 9.55 Å². The summed E-state index contributed by atoms with van der Waals surface area (Å²) in [5, 5.41) is 10.8. The van der Waals surface area contributed by atoms with E-state index < -0.39 is 11.3 Å². The van der Waals surface area contributed by atoms with E-state index in [-0.39, 0.29) is 36.9 Å². The Hall–Kier alpha value is -3.60. The summed E-state index contributed by atoms with van der Waals surface area (Å²) < 4.78 is 53.9. The third kappa shape index (κ3) is 5.12. The van der Waals surface area contributed by atoms with E-state index in [4.69, 9.17) is 9.47 Å². The molecule has 8 nitrogen and oxygen atoms in total. The molecule has 1 atom stereocenters. The van der Waals surface area contributed by atoms with Crippen molar-refractivity contribution in [3.05, 3.63) is 70.4 Å². The number of ether oxygens (including phenoxy) is 3. The molecule has 2 heterocycles. The highest BCUT2D eigenvalue weighted by Crippen LogP contribution is 2.28. The number of hydrogen-bond donors (Lipinski definition) is 0. The highest BCUT2D eigenvalue weighted by atomic mass is 19.4. The molecule has 3 aromatic rings. The molecule has 0 saturated carbocycles. The number of halogens is 3. The molecule has 31 heavy (non-hydrogen) atoms. The second-order valence-corrected chi connectivity index (χ2v) is 6.81. The van der Waals surface area contributed by atoms with E-state index in [1.807, 2.05) is 12.1 Å². The first kappa shape index (κ1) is 20.7. The normalized spacial score (nSPS) is 15.8. The van der Waals surface area contributed by atoms with Gasteiger partial charge in [0.05, 0.1) is 13.2 Å². The molecule has 1 aliphatic rings. The lowest BCUT2D eigenvalue weighted by atomic mass is 10.0. The molecule has 0 aliphatic carbocycles. The Bertz CT molecular complexity index is 1080. The molecule has 11 heteroatoms. The van der Waals surface area contributed by atoms with E-state index in [1.54, 1.807) is 18.2 Å². The molecule has 0 saturated heterocycles. The molecule has 1 aromatic heterocycles. The summed E-state index contributed by atoms with van der Waals surface area (Å²) in [5.41, 5.74) is 2.17. The first-order chi connectivity index (χ1) is 14.8. The largest absolute Gasteiger partial charge is 0.573 e. The Morgan fingerprint density at radius 3 is 2.68 bits per heavy atom. The molecular formula is C20H16F3N3O5. The highest BCUT2D eigenvalue weighted by Gasteiger charge is 2.31. The van der Waals surface area contributed by atoms with Gasteiger partial charge in [-0.2, -0.15) is 0 Å². The summed E-state index contributed by atoms with van der Waals surface area (Å²) in [6.07, 6.45) is -3.75. The van der Waals surface area contributed by atoms with Crippen LogP contribution in [0.3, 0.4) is 0 Å². The Labute approximate surface area is 173 Å². The first-order valence-electron chi connectivity index (χ1n) is 9.18. The molecule has 0 spiro atoms. The van der Waals surface area contributed by atoms with Crippen LogP contribution >= 0.6 is 0 Å². The van der Waals surface area contributed by atoms with Crippen LogP contribution in [0.25, 0.3) is 11.1 Å². The van der Waals surface area contributed by atoms with Gasteiger partial charge in [0.25, 0.3) is 0 Å². The first-order valence-corrected chi connectivity index (χ1v) is 9.18. The number of nitrogens with zero attached hydrogens (tertiary/aromatic N) is 3. The van der Waals surface area contributed by atoms with Gasteiger partial charge in [-0.1, -0.05) is 36.4 Å². The molecule has 0 amide bonds. The predicted octanol–water partition coefficient (Wildman–Crippen LogP) is 4.33. The minimum absolute atomic E-state index is 0.188. The number of alkyl halides is 3. The number of fused-ring (bicyclic) bond motifs is 1. The SMILES string of the molecule is O=[N+]([O-])c1cn2c(n1)OC[C@@H](OCc1ccc(-c3cccc(OC(F)(F)F)c3)cc1)C2. The fourth-order valence-electron chi connectivity index (χ4n) is 3.14. The van der Waals surface area contributed by atoms with Gasteiger partial charge < -0.3 is 24.3 Å². The minimum atomic E-state index is -4.74. The van der Waals surface area contributed by atoms with Gasteiger partial charge in [-0.25, -0.2) is 0 Å². The predicted molar refractivity (Wildman–Crippen MR) is 102 cm³/mol. The molecule has 0 bridgehead atoms. The lowest BCUT2D eigenvalue weighted by Crippen LogP contribution is -2.32. The topological polar surface area (TPSA) is 88.7 Å². The summed E-state index contributed by atoms with van der Waals surface area (Å²) in [4.78, 5) is 14.0. The maximum Gasteiger partial charge on any atom is 0.573 e. The Kier molecular flexibility index (Phi) is 5.51. The molecule has 162 valence electrons. The van der Waals surface area contributed by atoms with Gasteiger partial charge in [0, 0.05) is 4.98 Å². The zero-order chi connectivity index (χ0) is 22.0. The number of hydrogen-bond acceptors (Lipinski definition) is 6. The summed E-state index contributed by atoms with van der Waals surface area (Å²) in [7, 11) is 0. The van der Waals surface area contributed by atoms with E-state index in [1.165, 1.54) is 29.0 Å². The number of rotatable bonds is 6. The molecule has 2 aromatic carbocycles. The van der Waals surface area contributed by atoms with E-state index in [0.29, 0.717) is 12.1 Å². The van der Waals surface area contributed by atoms with Crippen LogP contribution in [0.15, 0.2) is 54.7 Å². The van der Waals surface area contributed by atoms with E-state index >= 15 is 0 Å². The summed E-state index contributed by atoms with van der Waals surface area (Å²) in [5.74, 6) is -0.565. The van der Waals surface area contributed by atoms with Crippen molar-refractivity contribution < 1.29 is 32.3 Å². The second kappa shape index (κ2) is 8.26. The maximum absolute atomic E-state index is 12.4. The van der Waals surface area contributed by atoms with Gasteiger partial charge in [0.1, 0.15) is 24.7 Å². The van der Waals surface area contributed by atoms with Crippen molar-refractivity contribution in [3.63, 3.8) is 0 Å². The third-order valence-corrected chi connectivity index (χ3v) is 4.55. The van der Waals surface area contributed by atoms with E-state index in [2.05, 4.69) is 9.72 Å². The maximum atomic E-state index is 12.4. The van der Waals surface area contributed by atoms with Gasteiger partial charge in [0.15, 0.2) is 0 Å². The third-order valence-electron chi connectivity index (χ3n) is 4.55. The van der Waals surface area contributed by atoms with Crippen LogP contribution in [0.1, 0.15) is 5.56 Å². The Morgan fingerprint density at radius 2 is 1.97 bits per heavy atom. The van der Waals surface area contributed by atoms with Gasteiger partial charge in [-0.15, -0.1) is 13.2 Å². The monoisotopic (exact) mass is 435 g/mol. The zero-order valence-electron chi connectivity index (χ0n) is 15.9.